The van der Waals surface area contributed by atoms with Crippen molar-refractivity contribution < 1.29 is 19.7 Å². The standard InChI is InChI=1S/C15H18O4/c1-9(16)4-10-5-11-7-12(18-2)8-14(19-3)15(11)13(17)6-10/h5-9,16-17H,4H2,1-3H3. The van der Waals surface area contributed by atoms with E-state index in [1.807, 2.05) is 12.1 Å². The Bertz CT molecular complexity index is 590. The van der Waals surface area contributed by atoms with E-state index in [0.717, 1.165) is 10.9 Å². The van der Waals surface area contributed by atoms with Gasteiger partial charge in [-0.15, -0.1) is 0 Å². The Kier molecular flexibility index (Phi) is 3.81. The first-order chi connectivity index (χ1) is 9.05. The molecule has 2 aromatic rings. The summed E-state index contributed by atoms with van der Waals surface area (Å²) >= 11 is 0. The number of phenolic OH excluding ortho intramolecular Hbond substituents is 1. The predicted molar refractivity (Wildman–Crippen MR) is 74.1 cm³/mol. The number of aliphatic hydroxyl groups excluding tert-OH is 1. The van der Waals surface area contributed by atoms with Gasteiger partial charge in [-0.2, -0.15) is 0 Å². The molecule has 1 unspecified atom stereocenters. The molecule has 0 aromatic heterocycles. The summed E-state index contributed by atoms with van der Waals surface area (Å²) in [5, 5.41) is 21.1. The van der Waals surface area contributed by atoms with Crippen LogP contribution in [0.3, 0.4) is 0 Å². The lowest BCUT2D eigenvalue weighted by Crippen LogP contribution is -2.04. The van der Waals surface area contributed by atoms with Crippen LogP contribution in [0, 0.1) is 0 Å². The van der Waals surface area contributed by atoms with E-state index in [-0.39, 0.29) is 5.75 Å². The van der Waals surface area contributed by atoms with Crippen LogP contribution < -0.4 is 9.47 Å². The van der Waals surface area contributed by atoms with Crippen LogP contribution in [0.4, 0.5) is 0 Å². The maximum atomic E-state index is 10.1. The molecule has 2 rings (SSSR count). The monoisotopic (exact) mass is 262 g/mol. The third-order valence-corrected chi connectivity index (χ3v) is 3.01. The molecule has 0 aliphatic heterocycles. The highest BCUT2D eigenvalue weighted by molar-refractivity contribution is 5.95. The van der Waals surface area contributed by atoms with Gasteiger partial charge in [0.1, 0.15) is 17.2 Å². The van der Waals surface area contributed by atoms with E-state index in [4.69, 9.17) is 9.47 Å². The van der Waals surface area contributed by atoms with E-state index in [0.29, 0.717) is 23.3 Å². The largest absolute Gasteiger partial charge is 0.507 e. The summed E-state index contributed by atoms with van der Waals surface area (Å²) in [6.07, 6.45) is 0.0348. The smallest absolute Gasteiger partial charge is 0.134 e. The molecular formula is C15H18O4. The molecule has 0 saturated carbocycles. The molecule has 0 radical (unpaired) electrons. The fourth-order valence-electron chi connectivity index (χ4n) is 2.23. The number of fused-ring (bicyclic) bond motifs is 1. The van der Waals surface area contributed by atoms with Gasteiger partial charge in [-0.25, -0.2) is 0 Å². The number of hydrogen-bond acceptors (Lipinski definition) is 4. The molecule has 4 nitrogen and oxygen atoms in total. The first-order valence-corrected chi connectivity index (χ1v) is 6.11. The number of rotatable bonds is 4. The van der Waals surface area contributed by atoms with E-state index in [9.17, 15) is 10.2 Å². The Morgan fingerprint density at radius 2 is 1.84 bits per heavy atom. The summed E-state index contributed by atoms with van der Waals surface area (Å²) in [5.74, 6) is 1.38. The van der Waals surface area contributed by atoms with Gasteiger partial charge in [0.2, 0.25) is 0 Å². The van der Waals surface area contributed by atoms with Crippen LogP contribution in [0.25, 0.3) is 10.8 Å². The summed E-state index contributed by atoms with van der Waals surface area (Å²) in [7, 11) is 3.14. The molecule has 0 bridgehead atoms. The number of ether oxygens (including phenoxy) is 2. The molecule has 1 atom stereocenters. The predicted octanol–water partition coefficient (Wildman–Crippen LogP) is 2.49. The fourth-order valence-corrected chi connectivity index (χ4v) is 2.23. The summed E-state index contributed by atoms with van der Waals surface area (Å²) in [4.78, 5) is 0. The molecule has 0 saturated heterocycles. The number of methoxy groups -OCH3 is 2. The molecule has 2 N–H and O–H groups in total. The van der Waals surface area contributed by atoms with Crippen LogP contribution in [-0.2, 0) is 6.42 Å². The molecule has 0 aliphatic rings. The van der Waals surface area contributed by atoms with Crippen LogP contribution in [0.1, 0.15) is 12.5 Å². The first kappa shape index (κ1) is 13.5. The molecule has 0 heterocycles. The minimum atomic E-state index is -0.454. The Morgan fingerprint density at radius 3 is 2.42 bits per heavy atom. The second-order valence-electron chi connectivity index (χ2n) is 4.60. The lowest BCUT2D eigenvalue weighted by molar-refractivity contribution is 0.195. The summed E-state index contributed by atoms with van der Waals surface area (Å²) in [6.45, 7) is 1.72. The Morgan fingerprint density at radius 1 is 1.11 bits per heavy atom. The highest BCUT2D eigenvalue weighted by Crippen LogP contribution is 2.37. The van der Waals surface area contributed by atoms with E-state index in [2.05, 4.69) is 0 Å². The summed E-state index contributed by atoms with van der Waals surface area (Å²) in [5.41, 5.74) is 0.871. The van der Waals surface area contributed by atoms with E-state index < -0.39 is 6.10 Å². The Hall–Kier alpha value is -1.94. The van der Waals surface area contributed by atoms with Gasteiger partial charge in [0.05, 0.1) is 25.7 Å². The van der Waals surface area contributed by atoms with Gasteiger partial charge < -0.3 is 19.7 Å². The van der Waals surface area contributed by atoms with Crippen LogP contribution in [0.15, 0.2) is 24.3 Å². The van der Waals surface area contributed by atoms with Crippen molar-refractivity contribution in [1.29, 1.82) is 0 Å². The van der Waals surface area contributed by atoms with E-state index in [1.165, 1.54) is 0 Å². The normalized spacial score (nSPS) is 12.4. The second kappa shape index (κ2) is 5.36. The van der Waals surface area contributed by atoms with Crippen LogP contribution in [-0.4, -0.2) is 30.5 Å². The zero-order chi connectivity index (χ0) is 14.0. The van der Waals surface area contributed by atoms with Crippen molar-refractivity contribution in [2.24, 2.45) is 0 Å². The van der Waals surface area contributed by atoms with Gasteiger partial charge >= 0.3 is 0 Å². The molecule has 0 aliphatic carbocycles. The van der Waals surface area contributed by atoms with Crippen LogP contribution in [0.2, 0.25) is 0 Å². The molecule has 2 aromatic carbocycles. The molecule has 0 fully saturated rings. The van der Waals surface area contributed by atoms with E-state index >= 15 is 0 Å². The third-order valence-electron chi connectivity index (χ3n) is 3.01. The van der Waals surface area contributed by atoms with Gasteiger partial charge in [-0.1, -0.05) is 6.07 Å². The van der Waals surface area contributed by atoms with Crippen molar-refractivity contribution in [3.05, 3.63) is 29.8 Å². The fraction of sp³-hybridized carbons (Fsp3) is 0.333. The average molecular weight is 262 g/mol. The van der Waals surface area contributed by atoms with Crippen molar-refractivity contribution in [3.8, 4) is 17.2 Å². The zero-order valence-electron chi connectivity index (χ0n) is 11.3. The minimum absolute atomic E-state index is 0.146. The van der Waals surface area contributed by atoms with Crippen molar-refractivity contribution in [3.63, 3.8) is 0 Å². The Labute approximate surface area is 112 Å². The molecule has 102 valence electrons. The molecule has 19 heavy (non-hydrogen) atoms. The third kappa shape index (κ3) is 2.74. The number of aliphatic hydroxyl groups is 1. The highest BCUT2D eigenvalue weighted by Gasteiger charge is 2.12. The summed E-state index contributed by atoms with van der Waals surface area (Å²) < 4.78 is 10.5. The SMILES string of the molecule is COc1cc(OC)c2c(O)cc(CC(C)O)cc2c1. The topological polar surface area (TPSA) is 58.9 Å². The number of benzene rings is 2. The lowest BCUT2D eigenvalue weighted by Gasteiger charge is -2.12. The van der Waals surface area contributed by atoms with Crippen LogP contribution in [0.5, 0.6) is 17.2 Å². The number of aromatic hydroxyl groups is 1. The average Bonchev–Trinajstić information content (AvgIpc) is 2.36. The van der Waals surface area contributed by atoms with E-state index in [1.54, 1.807) is 33.3 Å². The van der Waals surface area contributed by atoms with Gasteiger partial charge in [0.15, 0.2) is 0 Å². The number of hydrogen-bond donors (Lipinski definition) is 2. The zero-order valence-corrected chi connectivity index (χ0v) is 11.3. The van der Waals surface area contributed by atoms with Crippen molar-refractivity contribution in [1.82, 2.24) is 0 Å². The molecular weight excluding hydrogens is 244 g/mol. The highest BCUT2D eigenvalue weighted by atomic mass is 16.5. The summed E-state index contributed by atoms with van der Waals surface area (Å²) in [6, 6.07) is 7.15. The van der Waals surface area contributed by atoms with Crippen LogP contribution >= 0.6 is 0 Å². The van der Waals surface area contributed by atoms with Gasteiger partial charge in [0.25, 0.3) is 0 Å². The van der Waals surface area contributed by atoms with Gasteiger partial charge in [0, 0.05) is 6.07 Å². The maximum Gasteiger partial charge on any atom is 0.134 e. The van der Waals surface area contributed by atoms with Gasteiger partial charge in [-0.3, -0.25) is 0 Å². The number of phenols is 1. The Balaban J connectivity index is 2.65. The maximum absolute atomic E-state index is 10.1. The van der Waals surface area contributed by atoms with Crippen molar-refractivity contribution in [2.45, 2.75) is 19.4 Å². The first-order valence-electron chi connectivity index (χ1n) is 6.11. The second-order valence-corrected chi connectivity index (χ2v) is 4.60. The minimum Gasteiger partial charge on any atom is -0.507 e. The van der Waals surface area contributed by atoms with Gasteiger partial charge in [-0.05, 0) is 36.4 Å². The molecule has 4 heteroatoms. The lowest BCUT2D eigenvalue weighted by atomic mass is 10.0. The quantitative estimate of drug-likeness (QED) is 0.888. The van der Waals surface area contributed by atoms with Crippen molar-refractivity contribution in [2.75, 3.05) is 14.2 Å². The molecule has 0 spiro atoms. The molecule has 0 amide bonds. The van der Waals surface area contributed by atoms with Crippen molar-refractivity contribution >= 4 is 10.8 Å².